The molecule has 0 radical (unpaired) electrons. The second kappa shape index (κ2) is 5.38. The highest BCUT2D eigenvalue weighted by molar-refractivity contribution is 7.98. The van der Waals surface area contributed by atoms with Crippen LogP contribution in [0.2, 0.25) is 0 Å². The lowest BCUT2D eigenvalue weighted by molar-refractivity contribution is -0.141. The molecule has 0 saturated carbocycles. The first-order chi connectivity index (χ1) is 10.1. The van der Waals surface area contributed by atoms with Gasteiger partial charge in [-0.25, -0.2) is 19.1 Å². The number of nitrogens with zero attached hydrogens (tertiary/aromatic N) is 3. The van der Waals surface area contributed by atoms with Gasteiger partial charge in [0.2, 0.25) is 0 Å². The van der Waals surface area contributed by atoms with Gasteiger partial charge < -0.3 is 4.84 Å². The summed E-state index contributed by atoms with van der Waals surface area (Å²) in [7, 11) is 0. The summed E-state index contributed by atoms with van der Waals surface area (Å²) >= 11 is 2.87. The number of aromatic nitrogens is 3. The Kier molecular flexibility index (Phi) is 3.56. The predicted octanol–water partition coefficient (Wildman–Crippen LogP) is 1.95. The van der Waals surface area contributed by atoms with E-state index in [1.54, 1.807) is 18.2 Å². The zero-order chi connectivity index (χ0) is 15.0. The second-order valence-corrected chi connectivity index (χ2v) is 5.82. The first-order valence-electron chi connectivity index (χ1n) is 6.03. The molecule has 0 fully saturated rings. The standard InChI is InChI=1S/C13H11N3O3S2/c1-8(17)19-16-10-6-4-3-5-9(10)15(13(16)18)12-14-11(20-2)7-21-12/h3-7H,1-2H3. The molecule has 0 aliphatic carbocycles. The molecular weight excluding hydrogens is 310 g/mol. The highest BCUT2D eigenvalue weighted by atomic mass is 32.2. The van der Waals surface area contributed by atoms with Crippen LogP contribution in [0.4, 0.5) is 0 Å². The van der Waals surface area contributed by atoms with Crippen molar-refractivity contribution >= 4 is 40.1 Å². The summed E-state index contributed by atoms with van der Waals surface area (Å²) in [6.45, 7) is 1.26. The van der Waals surface area contributed by atoms with E-state index in [2.05, 4.69) is 4.98 Å². The Labute approximate surface area is 127 Å². The number of benzene rings is 1. The van der Waals surface area contributed by atoms with Gasteiger partial charge in [-0.2, -0.15) is 0 Å². The number of thiazole rings is 1. The third kappa shape index (κ3) is 2.36. The third-order valence-corrected chi connectivity index (χ3v) is 4.40. The largest absolute Gasteiger partial charge is 0.369 e. The van der Waals surface area contributed by atoms with E-state index in [-0.39, 0.29) is 0 Å². The van der Waals surface area contributed by atoms with Gasteiger partial charge in [0.25, 0.3) is 0 Å². The fraction of sp³-hybridized carbons (Fsp3) is 0.154. The highest BCUT2D eigenvalue weighted by Crippen LogP contribution is 2.23. The molecule has 0 amide bonds. The molecule has 0 aliphatic rings. The first kappa shape index (κ1) is 13.9. The molecule has 0 atom stereocenters. The van der Waals surface area contributed by atoms with Gasteiger partial charge >= 0.3 is 11.7 Å². The zero-order valence-electron chi connectivity index (χ0n) is 11.3. The average molecular weight is 321 g/mol. The topological polar surface area (TPSA) is 66.1 Å². The molecule has 108 valence electrons. The van der Waals surface area contributed by atoms with Crippen molar-refractivity contribution < 1.29 is 9.63 Å². The molecule has 6 nitrogen and oxygen atoms in total. The summed E-state index contributed by atoms with van der Waals surface area (Å²) in [6.07, 6.45) is 1.92. The van der Waals surface area contributed by atoms with Crippen molar-refractivity contribution in [3.63, 3.8) is 0 Å². The van der Waals surface area contributed by atoms with Crippen LogP contribution in [0, 0.1) is 0 Å². The number of para-hydroxylation sites is 2. The van der Waals surface area contributed by atoms with Gasteiger partial charge in [0.1, 0.15) is 10.5 Å². The Bertz CT molecular complexity index is 878. The Hall–Kier alpha value is -2.06. The van der Waals surface area contributed by atoms with Gasteiger partial charge in [0.05, 0.1) is 5.52 Å². The third-order valence-electron chi connectivity index (χ3n) is 2.80. The van der Waals surface area contributed by atoms with E-state index in [1.807, 2.05) is 17.7 Å². The smallest absolute Gasteiger partial charge is 0.332 e. The molecule has 8 heteroatoms. The summed E-state index contributed by atoms with van der Waals surface area (Å²) in [5.74, 6) is -0.552. The molecule has 1 aromatic carbocycles. The first-order valence-corrected chi connectivity index (χ1v) is 8.13. The minimum Gasteiger partial charge on any atom is -0.332 e. The van der Waals surface area contributed by atoms with Crippen molar-refractivity contribution in [2.45, 2.75) is 11.9 Å². The minimum absolute atomic E-state index is 0.451. The number of carbonyl (C=O) groups is 1. The Morgan fingerprint density at radius 2 is 2.05 bits per heavy atom. The molecule has 3 aromatic rings. The maximum Gasteiger partial charge on any atom is 0.369 e. The number of carbonyl (C=O) groups excluding carboxylic acids is 1. The molecule has 3 rings (SSSR count). The number of hydrogen-bond acceptors (Lipinski definition) is 6. The van der Waals surface area contributed by atoms with E-state index < -0.39 is 11.7 Å². The van der Waals surface area contributed by atoms with Gasteiger partial charge in [0.15, 0.2) is 5.13 Å². The van der Waals surface area contributed by atoms with E-state index in [0.717, 1.165) is 9.76 Å². The predicted molar refractivity (Wildman–Crippen MR) is 82.2 cm³/mol. The molecule has 0 N–H and O–H groups in total. The molecule has 0 aliphatic heterocycles. The monoisotopic (exact) mass is 321 g/mol. The van der Waals surface area contributed by atoms with E-state index in [9.17, 15) is 9.59 Å². The number of fused-ring (bicyclic) bond motifs is 1. The fourth-order valence-corrected chi connectivity index (χ4v) is 3.43. The van der Waals surface area contributed by atoms with Crippen molar-refractivity contribution in [2.75, 3.05) is 6.26 Å². The quantitative estimate of drug-likeness (QED) is 0.690. The lowest BCUT2D eigenvalue weighted by Crippen LogP contribution is -2.30. The number of rotatable bonds is 3. The van der Waals surface area contributed by atoms with Gasteiger partial charge in [-0.3, -0.25) is 0 Å². The molecule has 0 spiro atoms. The normalized spacial score (nSPS) is 11.0. The number of imidazole rings is 1. The van der Waals surface area contributed by atoms with E-state index >= 15 is 0 Å². The van der Waals surface area contributed by atoms with E-state index in [1.165, 1.54) is 34.6 Å². The summed E-state index contributed by atoms with van der Waals surface area (Å²) in [5.41, 5.74) is 0.720. The van der Waals surface area contributed by atoms with Crippen LogP contribution in [0.25, 0.3) is 16.2 Å². The highest BCUT2D eigenvalue weighted by Gasteiger charge is 2.18. The van der Waals surface area contributed by atoms with Crippen LogP contribution in [-0.4, -0.2) is 26.5 Å². The van der Waals surface area contributed by atoms with Crippen molar-refractivity contribution in [3.05, 3.63) is 40.1 Å². The Balaban J connectivity index is 2.29. The van der Waals surface area contributed by atoms with Crippen LogP contribution >= 0.6 is 23.1 Å². The van der Waals surface area contributed by atoms with Gasteiger partial charge in [-0.1, -0.05) is 12.1 Å². The maximum atomic E-state index is 12.5. The van der Waals surface area contributed by atoms with Crippen molar-refractivity contribution in [3.8, 4) is 5.13 Å². The van der Waals surface area contributed by atoms with Gasteiger partial charge in [-0.15, -0.1) is 27.8 Å². The molecular formula is C13H11N3O3S2. The maximum absolute atomic E-state index is 12.5. The second-order valence-electron chi connectivity index (χ2n) is 4.16. The lowest BCUT2D eigenvalue weighted by Gasteiger charge is -1.99. The molecule has 0 unspecified atom stereocenters. The molecule has 2 heterocycles. The molecule has 0 bridgehead atoms. The summed E-state index contributed by atoms with van der Waals surface area (Å²) in [6, 6.07) is 7.11. The Morgan fingerprint density at radius 3 is 2.67 bits per heavy atom. The SMILES string of the molecule is CSc1csc(-n2c(=O)n(OC(C)=O)c3ccccc32)n1. The Morgan fingerprint density at radius 1 is 1.33 bits per heavy atom. The van der Waals surface area contributed by atoms with Crippen LogP contribution in [0.15, 0.2) is 39.5 Å². The van der Waals surface area contributed by atoms with Crippen LogP contribution < -0.4 is 10.5 Å². The van der Waals surface area contributed by atoms with Crippen LogP contribution in [0.1, 0.15) is 6.92 Å². The van der Waals surface area contributed by atoms with Crippen molar-refractivity contribution in [1.82, 2.24) is 14.3 Å². The van der Waals surface area contributed by atoms with Crippen molar-refractivity contribution in [2.24, 2.45) is 0 Å². The van der Waals surface area contributed by atoms with E-state index in [4.69, 9.17) is 4.84 Å². The van der Waals surface area contributed by atoms with Crippen LogP contribution in [-0.2, 0) is 4.79 Å². The number of thioether (sulfide) groups is 1. The van der Waals surface area contributed by atoms with E-state index in [0.29, 0.717) is 16.2 Å². The van der Waals surface area contributed by atoms with Crippen LogP contribution in [0.5, 0.6) is 0 Å². The average Bonchev–Trinajstić information content (AvgIpc) is 3.03. The summed E-state index contributed by atoms with van der Waals surface area (Å²) in [5, 5.41) is 3.27. The summed E-state index contributed by atoms with van der Waals surface area (Å²) < 4.78 is 2.44. The van der Waals surface area contributed by atoms with Gasteiger partial charge in [0, 0.05) is 12.3 Å². The fourth-order valence-electron chi connectivity index (χ4n) is 1.97. The van der Waals surface area contributed by atoms with Gasteiger partial charge in [-0.05, 0) is 18.4 Å². The zero-order valence-corrected chi connectivity index (χ0v) is 12.9. The summed E-state index contributed by atoms with van der Waals surface area (Å²) in [4.78, 5) is 33.1. The van der Waals surface area contributed by atoms with Crippen molar-refractivity contribution in [1.29, 1.82) is 0 Å². The van der Waals surface area contributed by atoms with Crippen LogP contribution in [0.3, 0.4) is 0 Å². The molecule has 0 saturated heterocycles. The minimum atomic E-state index is -0.552. The lowest BCUT2D eigenvalue weighted by atomic mass is 10.3. The molecule has 2 aromatic heterocycles. The number of hydrogen-bond donors (Lipinski definition) is 0. The molecule has 21 heavy (non-hydrogen) atoms.